The van der Waals surface area contributed by atoms with Gasteiger partial charge in [0.15, 0.2) is 0 Å². The van der Waals surface area contributed by atoms with Crippen LogP contribution in [-0.4, -0.2) is 14.5 Å². The van der Waals surface area contributed by atoms with Crippen molar-refractivity contribution < 1.29 is 4.42 Å². The van der Waals surface area contributed by atoms with Gasteiger partial charge in [-0.1, -0.05) is 133 Å². The van der Waals surface area contributed by atoms with Gasteiger partial charge >= 0.3 is 0 Å². The molecule has 10 aromatic rings. The summed E-state index contributed by atoms with van der Waals surface area (Å²) in [6, 6.07) is 52.9. The number of furan rings is 1. The van der Waals surface area contributed by atoms with Crippen molar-refractivity contribution in [2.45, 2.75) is 0 Å². The van der Waals surface area contributed by atoms with Gasteiger partial charge in [-0.2, -0.15) is 0 Å². The van der Waals surface area contributed by atoms with E-state index in [4.69, 9.17) is 14.4 Å². The van der Waals surface area contributed by atoms with E-state index in [2.05, 4.69) is 138 Å². The van der Waals surface area contributed by atoms with E-state index in [0.29, 0.717) is 5.95 Å². The molecule has 3 heterocycles. The first-order valence-electron chi connectivity index (χ1n) is 15.5. The Hall–Kier alpha value is -6.26. The van der Waals surface area contributed by atoms with E-state index in [0.717, 1.165) is 77.0 Å². The molecule has 46 heavy (non-hydrogen) atoms. The molecule has 0 aliphatic carbocycles. The van der Waals surface area contributed by atoms with Crippen LogP contribution in [0.2, 0.25) is 0 Å². The zero-order chi connectivity index (χ0) is 30.2. The normalized spacial score (nSPS) is 11.9. The van der Waals surface area contributed by atoms with Gasteiger partial charge in [0.05, 0.1) is 22.2 Å². The fraction of sp³-hybridized carbons (Fsp3) is 0. The second kappa shape index (κ2) is 9.62. The third-order valence-electron chi connectivity index (χ3n) is 9.21. The average molecular weight is 588 g/mol. The molecule has 214 valence electrons. The summed E-state index contributed by atoms with van der Waals surface area (Å²) in [4.78, 5) is 10.5. The molecule has 7 aromatic carbocycles. The van der Waals surface area contributed by atoms with Gasteiger partial charge < -0.3 is 4.42 Å². The smallest absolute Gasteiger partial charge is 0.235 e. The van der Waals surface area contributed by atoms with Crippen LogP contribution in [0.3, 0.4) is 0 Å². The molecular weight excluding hydrogens is 562 g/mol. The molecule has 0 amide bonds. The van der Waals surface area contributed by atoms with Crippen LogP contribution < -0.4 is 0 Å². The van der Waals surface area contributed by atoms with E-state index in [1.54, 1.807) is 0 Å². The minimum Gasteiger partial charge on any atom is -0.455 e. The fourth-order valence-electron chi connectivity index (χ4n) is 7.20. The monoisotopic (exact) mass is 587 g/mol. The van der Waals surface area contributed by atoms with Gasteiger partial charge in [-0.25, -0.2) is 9.97 Å². The van der Waals surface area contributed by atoms with Crippen molar-refractivity contribution in [2.24, 2.45) is 0 Å². The van der Waals surface area contributed by atoms with Gasteiger partial charge in [-0.15, -0.1) is 0 Å². The summed E-state index contributed by atoms with van der Waals surface area (Å²) >= 11 is 0. The van der Waals surface area contributed by atoms with Gasteiger partial charge in [0, 0.05) is 43.6 Å². The van der Waals surface area contributed by atoms with Gasteiger partial charge in [-0.3, -0.25) is 4.57 Å². The first kappa shape index (κ1) is 25.1. The molecule has 0 spiro atoms. The highest BCUT2D eigenvalue weighted by atomic mass is 16.3. The number of fused-ring (bicyclic) bond motifs is 9. The molecule has 0 bridgehead atoms. The molecule has 0 atom stereocenters. The minimum atomic E-state index is 0.638. The van der Waals surface area contributed by atoms with Crippen molar-refractivity contribution >= 4 is 65.4 Å². The Kier molecular flexibility index (Phi) is 5.25. The van der Waals surface area contributed by atoms with E-state index < -0.39 is 0 Å². The minimum absolute atomic E-state index is 0.638. The molecule has 0 aliphatic heterocycles. The van der Waals surface area contributed by atoms with E-state index in [1.807, 2.05) is 18.2 Å². The summed E-state index contributed by atoms with van der Waals surface area (Å²) in [6.45, 7) is 0. The Morgan fingerprint density at radius 2 is 1.17 bits per heavy atom. The number of aromatic nitrogens is 3. The van der Waals surface area contributed by atoms with Gasteiger partial charge in [-0.05, 0) is 29.0 Å². The van der Waals surface area contributed by atoms with Crippen LogP contribution in [0.15, 0.2) is 156 Å². The predicted octanol–water partition coefficient (Wildman–Crippen LogP) is 11.1. The van der Waals surface area contributed by atoms with E-state index in [9.17, 15) is 0 Å². The second-order valence-corrected chi connectivity index (χ2v) is 11.8. The number of rotatable bonds is 3. The molecule has 0 N–H and O–H groups in total. The molecule has 0 saturated heterocycles. The zero-order valence-electron chi connectivity index (χ0n) is 24.7. The molecule has 0 radical (unpaired) electrons. The first-order chi connectivity index (χ1) is 22.8. The van der Waals surface area contributed by atoms with Crippen molar-refractivity contribution in [2.75, 3.05) is 0 Å². The van der Waals surface area contributed by atoms with Crippen molar-refractivity contribution in [3.8, 4) is 28.3 Å². The summed E-state index contributed by atoms with van der Waals surface area (Å²) in [6.07, 6.45) is 0. The maximum Gasteiger partial charge on any atom is 0.235 e. The molecule has 0 fully saturated rings. The Morgan fingerprint density at radius 3 is 2.07 bits per heavy atom. The largest absolute Gasteiger partial charge is 0.455 e. The molecule has 0 aliphatic rings. The van der Waals surface area contributed by atoms with Gasteiger partial charge in [0.25, 0.3) is 0 Å². The number of hydrogen-bond donors (Lipinski definition) is 0. The first-order valence-corrected chi connectivity index (χ1v) is 15.5. The fourth-order valence-corrected chi connectivity index (χ4v) is 7.20. The van der Waals surface area contributed by atoms with Crippen LogP contribution in [0.25, 0.3) is 93.8 Å². The molecule has 10 rings (SSSR count). The Morgan fingerprint density at radius 1 is 0.478 bits per heavy atom. The van der Waals surface area contributed by atoms with Gasteiger partial charge in [0.1, 0.15) is 11.2 Å². The standard InChI is InChI=1S/C42H25N3O/c1-2-13-27(14-3-1)39-33-17-6-8-22-35(33)43-42(44-39)45-36-23-9-7-16-29(36)30-18-10-19-31(40(30)45)32-20-11-21-34-38-28-15-5-4-12-26(28)24-25-37(38)46-41(32)34/h1-25H. The SMILES string of the molecule is c1ccc(-c2nc(-n3c4ccccc4c4cccc(-c5cccc6c5oc5ccc7ccccc7c56)c43)nc3ccccc23)cc1. The lowest BCUT2D eigenvalue weighted by Crippen LogP contribution is -2.04. The lowest BCUT2D eigenvalue weighted by atomic mass is 9.98. The van der Waals surface area contributed by atoms with Gasteiger partial charge in [0.2, 0.25) is 5.95 Å². The molecular formula is C42H25N3O. The average Bonchev–Trinajstić information content (AvgIpc) is 3.68. The van der Waals surface area contributed by atoms with Crippen LogP contribution >= 0.6 is 0 Å². The van der Waals surface area contributed by atoms with Crippen molar-refractivity contribution in [3.63, 3.8) is 0 Å². The Bertz CT molecular complexity index is 2810. The lowest BCUT2D eigenvalue weighted by molar-refractivity contribution is 0.670. The van der Waals surface area contributed by atoms with Crippen LogP contribution in [0, 0.1) is 0 Å². The number of para-hydroxylation sites is 4. The van der Waals surface area contributed by atoms with Crippen LogP contribution in [0.5, 0.6) is 0 Å². The lowest BCUT2D eigenvalue weighted by Gasteiger charge is -2.13. The zero-order valence-corrected chi connectivity index (χ0v) is 24.7. The maximum atomic E-state index is 6.71. The van der Waals surface area contributed by atoms with E-state index in [-0.39, 0.29) is 0 Å². The molecule has 3 aromatic heterocycles. The second-order valence-electron chi connectivity index (χ2n) is 11.8. The molecule has 4 nitrogen and oxygen atoms in total. The summed E-state index contributed by atoms with van der Waals surface area (Å²) in [5.41, 5.74) is 8.86. The number of hydrogen-bond acceptors (Lipinski definition) is 3. The Labute approximate surface area is 263 Å². The van der Waals surface area contributed by atoms with Crippen molar-refractivity contribution in [1.29, 1.82) is 0 Å². The number of nitrogens with zero attached hydrogens (tertiary/aromatic N) is 3. The topological polar surface area (TPSA) is 43.9 Å². The summed E-state index contributed by atoms with van der Waals surface area (Å²) in [7, 11) is 0. The highest BCUT2D eigenvalue weighted by molar-refractivity contribution is 6.22. The van der Waals surface area contributed by atoms with Crippen LogP contribution in [0.4, 0.5) is 0 Å². The number of benzene rings is 7. The van der Waals surface area contributed by atoms with E-state index in [1.165, 1.54) is 10.8 Å². The van der Waals surface area contributed by atoms with Crippen molar-refractivity contribution in [1.82, 2.24) is 14.5 Å². The maximum absolute atomic E-state index is 6.71. The van der Waals surface area contributed by atoms with E-state index >= 15 is 0 Å². The van der Waals surface area contributed by atoms with Crippen LogP contribution in [0.1, 0.15) is 0 Å². The molecule has 4 heteroatoms. The summed E-state index contributed by atoms with van der Waals surface area (Å²) < 4.78 is 8.94. The molecule has 0 saturated carbocycles. The summed E-state index contributed by atoms with van der Waals surface area (Å²) in [5.74, 6) is 0.638. The van der Waals surface area contributed by atoms with Crippen molar-refractivity contribution in [3.05, 3.63) is 152 Å². The third kappa shape index (κ3) is 3.55. The third-order valence-corrected chi connectivity index (χ3v) is 9.21. The molecule has 0 unspecified atom stereocenters. The highest BCUT2D eigenvalue weighted by Gasteiger charge is 2.22. The predicted molar refractivity (Wildman–Crippen MR) is 190 cm³/mol. The highest BCUT2D eigenvalue weighted by Crippen LogP contribution is 2.43. The quantitative estimate of drug-likeness (QED) is 0.207. The van der Waals surface area contributed by atoms with Crippen LogP contribution in [-0.2, 0) is 0 Å². The summed E-state index contributed by atoms with van der Waals surface area (Å²) in [5, 5.41) is 7.97. The Balaban J connectivity index is 1.33.